The summed E-state index contributed by atoms with van der Waals surface area (Å²) in [4.78, 5) is 14.8. The van der Waals surface area contributed by atoms with Gasteiger partial charge in [-0.15, -0.1) is 6.58 Å². The van der Waals surface area contributed by atoms with Crippen LogP contribution in [-0.4, -0.2) is 22.8 Å². The van der Waals surface area contributed by atoms with Crippen molar-refractivity contribution in [1.82, 2.24) is 0 Å². The molecule has 1 aromatic rings. The average molecular weight is 353 g/mol. The van der Waals surface area contributed by atoms with Crippen molar-refractivity contribution in [1.29, 1.82) is 0 Å². The first-order valence-electron chi connectivity index (χ1n) is 6.57. The highest BCUT2D eigenvalue weighted by atomic mass is 19.4. The lowest BCUT2D eigenvalue weighted by Gasteiger charge is -2.19. The zero-order valence-corrected chi connectivity index (χ0v) is 12.4. The molecule has 3 nitrogen and oxygen atoms in total. The van der Waals surface area contributed by atoms with E-state index < -0.39 is 40.6 Å². The molecular formula is C15H13F6NO2. The Bertz CT molecular complexity index is 631. The van der Waals surface area contributed by atoms with E-state index in [-0.39, 0.29) is 12.5 Å². The Morgan fingerprint density at radius 3 is 1.88 bits per heavy atom. The monoisotopic (exact) mass is 353 g/mol. The quantitative estimate of drug-likeness (QED) is 0.479. The van der Waals surface area contributed by atoms with Crippen LogP contribution in [0.15, 0.2) is 35.8 Å². The van der Waals surface area contributed by atoms with Crippen LogP contribution in [-0.2, 0) is 17.1 Å². The lowest BCUT2D eigenvalue weighted by molar-refractivity contribution is -0.143. The van der Waals surface area contributed by atoms with Gasteiger partial charge in [0.1, 0.15) is 0 Å². The fourth-order valence-corrected chi connectivity index (χ4v) is 1.83. The van der Waals surface area contributed by atoms with Crippen LogP contribution >= 0.6 is 0 Å². The molecule has 1 rings (SSSR count). The minimum Gasteiger partial charge on any atom is -0.479 e. The summed E-state index contributed by atoms with van der Waals surface area (Å²) in [6, 6.07) is 0.906. The van der Waals surface area contributed by atoms with E-state index in [0.717, 1.165) is 6.08 Å². The number of benzene rings is 1. The standard InChI is InChI=1S/C15H13F6NO2/c1-3-13(4-2,12(23)24)22-8-9-5-10(14(16,17)18)7-11(6-9)15(19,20)21/h3,5-8H,1,4H2,2H3,(H,23,24)/t13-/m1/s1. The highest BCUT2D eigenvalue weighted by Gasteiger charge is 2.37. The smallest absolute Gasteiger partial charge is 0.416 e. The van der Waals surface area contributed by atoms with E-state index in [4.69, 9.17) is 5.11 Å². The zero-order chi connectivity index (χ0) is 18.8. The molecule has 0 heterocycles. The summed E-state index contributed by atoms with van der Waals surface area (Å²) < 4.78 is 76.5. The molecule has 0 fully saturated rings. The van der Waals surface area contributed by atoms with Crippen molar-refractivity contribution in [2.24, 2.45) is 4.99 Å². The number of aliphatic carboxylic acids is 1. The van der Waals surface area contributed by atoms with Gasteiger partial charge in [-0.3, -0.25) is 4.99 Å². The van der Waals surface area contributed by atoms with E-state index in [1.54, 1.807) is 0 Å². The van der Waals surface area contributed by atoms with E-state index in [9.17, 15) is 31.1 Å². The topological polar surface area (TPSA) is 49.7 Å². The summed E-state index contributed by atoms with van der Waals surface area (Å²) in [6.07, 6.45) is -8.42. The van der Waals surface area contributed by atoms with Gasteiger partial charge < -0.3 is 5.11 Å². The number of halogens is 6. The van der Waals surface area contributed by atoms with Crippen LogP contribution in [0.25, 0.3) is 0 Å². The number of hydrogen-bond donors (Lipinski definition) is 1. The molecule has 1 atom stereocenters. The minimum atomic E-state index is -4.99. The first-order chi connectivity index (χ1) is 10.9. The normalized spacial score (nSPS) is 15.3. The molecule has 0 aliphatic rings. The summed E-state index contributed by atoms with van der Waals surface area (Å²) in [5.74, 6) is -1.42. The molecule has 0 amide bonds. The van der Waals surface area contributed by atoms with Gasteiger partial charge in [-0.05, 0) is 30.2 Å². The van der Waals surface area contributed by atoms with Crippen LogP contribution in [0.3, 0.4) is 0 Å². The van der Waals surface area contributed by atoms with Crippen molar-refractivity contribution in [3.63, 3.8) is 0 Å². The largest absolute Gasteiger partial charge is 0.479 e. The first-order valence-corrected chi connectivity index (χ1v) is 6.57. The molecule has 0 aliphatic carbocycles. The van der Waals surface area contributed by atoms with Gasteiger partial charge in [0.15, 0.2) is 5.54 Å². The van der Waals surface area contributed by atoms with Crippen molar-refractivity contribution in [3.8, 4) is 0 Å². The molecule has 132 valence electrons. The van der Waals surface area contributed by atoms with Crippen molar-refractivity contribution in [3.05, 3.63) is 47.5 Å². The minimum absolute atomic E-state index is 0.0187. The number of hydrogen-bond acceptors (Lipinski definition) is 2. The number of carbonyl (C=O) groups is 1. The van der Waals surface area contributed by atoms with Crippen molar-refractivity contribution < 1.29 is 36.2 Å². The van der Waals surface area contributed by atoms with Gasteiger partial charge in [-0.2, -0.15) is 26.3 Å². The van der Waals surface area contributed by atoms with Crippen molar-refractivity contribution in [2.75, 3.05) is 0 Å². The molecule has 1 aromatic carbocycles. The third-order valence-electron chi connectivity index (χ3n) is 3.30. The summed E-state index contributed by atoms with van der Waals surface area (Å²) in [6.45, 7) is 4.74. The van der Waals surface area contributed by atoms with Crippen LogP contribution in [0.4, 0.5) is 26.3 Å². The second kappa shape index (κ2) is 6.66. The Labute approximate surface area is 133 Å². The highest BCUT2D eigenvalue weighted by Crippen LogP contribution is 2.36. The Morgan fingerprint density at radius 1 is 1.12 bits per heavy atom. The van der Waals surface area contributed by atoms with Crippen molar-refractivity contribution >= 4 is 12.2 Å². The summed E-state index contributed by atoms with van der Waals surface area (Å²) in [5, 5.41) is 9.12. The summed E-state index contributed by atoms with van der Waals surface area (Å²) in [7, 11) is 0. The molecule has 0 spiro atoms. The molecule has 0 radical (unpaired) electrons. The Hall–Kier alpha value is -2.32. The maximum atomic E-state index is 12.7. The second-order valence-corrected chi connectivity index (χ2v) is 4.88. The molecule has 0 bridgehead atoms. The molecule has 0 aromatic heterocycles. The Kier molecular flexibility index (Phi) is 5.47. The molecule has 9 heteroatoms. The van der Waals surface area contributed by atoms with E-state index in [2.05, 4.69) is 11.6 Å². The maximum Gasteiger partial charge on any atom is 0.416 e. The van der Waals surface area contributed by atoms with Crippen molar-refractivity contribution in [2.45, 2.75) is 31.2 Å². The van der Waals surface area contributed by atoms with E-state index in [1.165, 1.54) is 6.92 Å². The molecule has 0 saturated heterocycles. The highest BCUT2D eigenvalue weighted by molar-refractivity contribution is 5.87. The van der Waals surface area contributed by atoms with Gasteiger partial charge in [0, 0.05) is 6.21 Å². The van der Waals surface area contributed by atoms with Crippen LogP contribution < -0.4 is 0 Å². The first kappa shape index (κ1) is 19.7. The number of nitrogens with zero attached hydrogens (tertiary/aromatic N) is 1. The molecule has 24 heavy (non-hydrogen) atoms. The van der Waals surface area contributed by atoms with Crippen LogP contribution in [0.2, 0.25) is 0 Å². The van der Waals surface area contributed by atoms with Gasteiger partial charge in [0.2, 0.25) is 0 Å². The molecule has 0 aliphatic heterocycles. The van der Waals surface area contributed by atoms with Crippen LogP contribution in [0.5, 0.6) is 0 Å². The predicted octanol–water partition coefficient (Wildman–Crippen LogP) is 4.56. The van der Waals surface area contributed by atoms with Crippen LogP contribution in [0, 0.1) is 0 Å². The number of carboxylic acid groups (broad SMARTS) is 1. The Balaban J connectivity index is 3.46. The Morgan fingerprint density at radius 2 is 1.58 bits per heavy atom. The van der Waals surface area contributed by atoms with Gasteiger partial charge in [0.25, 0.3) is 0 Å². The SMILES string of the molecule is C=C[C@](CC)(N=Cc1cc(C(F)(F)F)cc(C(F)(F)F)c1)C(=O)O. The number of alkyl halides is 6. The van der Waals surface area contributed by atoms with Gasteiger partial charge in [0.05, 0.1) is 11.1 Å². The lowest BCUT2D eigenvalue weighted by Crippen LogP contribution is -2.33. The van der Waals surface area contributed by atoms with E-state index >= 15 is 0 Å². The number of rotatable bonds is 5. The third kappa shape index (κ3) is 4.36. The molecule has 0 unspecified atom stereocenters. The van der Waals surface area contributed by atoms with E-state index in [1.807, 2.05) is 0 Å². The molecule has 1 N–H and O–H groups in total. The summed E-state index contributed by atoms with van der Waals surface area (Å²) >= 11 is 0. The second-order valence-electron chi connectivity index (χ2n) is 4.88. The van der Waals surface area contributed by atoms with Gasteiger partial charge in [-0.1, -0.05) is 13.0 Å². The molecular weight excluding hydrogens is 340 g/mol. The number of carboxylic acids is 1. The number of aliphatic imine (C=N–C) groups is 1. The predicted molar refractivity (Wildman–Crippen MR) is 74.9 cm³/mol. The zero-order valence-electron chi connectivity index (χ0n) is 12.4. The van der Waals surface area contributed by atoms with Gasteiger partial charge >= 0.3 is 18.3 Å². The average Bonchev–Trinajstić information content (AvgIpc) is 2.46. The van der Waals surface area contributed by atoms with E-state index in [0.29, 0.717) is 18.3 Å². The maximum absolute atomic E-state index is 12.7. The fourth-order valence-electron chi connectivity index (χ4n) is 1.83. The fraction of sp³-hybridized carbons (Fsp3) is 0.333. The molecule has 0 saturated carbocycles. The van der Waals surface area contributed by atoms with Crippen LogP contribution in [0.1, 0.15) is 30.0 Å². The lowest BCUT2D eigenvalue weighted by atomic mass is 9.97. The summed E-state index contributed by atoms with van der Waals surface area (Å²) in [5.41, 5.74) is -5.35. The third-order valence-corrected chi connectivity index (χ3v) is 3.30. The van der Waals surface area contributed by atoms with Gasteiger partial charge in [-0.25, -0.2) is 4.79 Å².